The summed E-state index contributed by atoms with van der Waals surface area (Å²) in [5.41, 5.74) is 0.288. The number of benzene rings is 1. The van der Waals surface area contributed by atoms with E-state index in [9.17, 15) is 4.79 Å². The van der Waals surface area contributed by atoms with E-state index in [1.807, 2.05) is 42.3 Å². The van der Waals surface area contributed by atoms with Gasteiger partial charge in [-0.05, 0) is 25.3 Å². The fraction of sp³-hybridized carbons (Fsp3) is 0.462. The van der Waals surface area contributed by atoms with Crippen LogP contribution in [-0.2, 0) is 15.2 Å². The van der Waals surface area contributed by atoms with Gasteiger partial charge in [0.05, 0.1) is 7.11 Å². The van der Waals surface area contributed by atoms with Crippen LogP contribution < -0.4 is 0 Å². The van der Waals surface area contributed by atoms with Crippen molar-refractivity contribution in [3.05, 3.63) is 35.9 Å². The van der Waals surface area contributed by atoms with E-state index >= 15 is 0 Å². The summed E-state index contributed by atoms with van der Waals surface area (Å²) in [5, 5.41) is 1.81. The third kappa shape index (κ3) is 1.88. The molecule has 3 heteroatoms. The predicted octanol–water partition coefficient (Wildman–Crippen LogP) is 2.13. The normalized spacial score (nSPS) is 19.4. The minimum atomic E-state index is -0.683. The van der Waals surface area contributed by atoms with Crippen LogP contribution in [0.5, 0.6) is 0 Å². The monoisotopic (exact) mass is 219 g/mol. The highest BCUT2D eigenvalue weighted by Gasteiger charge is 2.43. The molecule has 1 aromatic carbocycles. The molecule has 3 nitrogen and oxygen atoms in total. The first kappa shape index (κ1) is 11.3. The maximum atomic E-state index is 11.4. The van der Waals surface area contributed by atoms with Crippen LogP contribution >= 0.6 is 0 Å². The number of hydrogen-bond donors (Lipinski definition) is 0. The lowest BCUT2D eigenvalue weighted by atomic mass is 9.93. The molecule has 1 saturated carbocycles. The lowest BCUT2D eigenvalue weighted by molar-refractivity contribution is -0.203. The van der Waals surface area contributed by atoms with E-state index in [4.69, 9.17) is 4.84 Å². The molecule has 16 heavy (non-hydrogen) atoms. The molecule has 86 valence electrons. The fourth-order valence-corrected chi connectivity index (χ4v) is 2.05. The first-order valence-corrected chi connectivity index (χ1v) is 5.57. The molecule has 0 N–H and O–H groups in total. The number of hydrogen-bond acceptors (Lipinski definition) is 3. The molecule has 1 aliphatic rings. The smallest absolute Gasteiger partial charge is 0.146 e. The summed E-state index contributed by atoms with van der Waals surface area (Å²) in [6, 6.07) is 10.1. The largest absolute Gasteiger partial charge is 0.301 e. The van der Waals surface area contributed by atoms with Gasteiger partial charge in [-0.2, -0.15) is 5.06 Å². The molecule has 2 rings (SSSR count). The first-order valence-electron chi connectivity index (χ1n) is 5.57. The third-order valence-corrected chi connectivity index (χ3v) is 3.12. The highest BCUT2D eigenvalue weighted by Crippen LogP contribution is 2.37. The molecule has 0 aromatic heterocycles. The van der Waals surface area contributed by atoms with Gasteiger partial charge in [-0.3, -0.25) is 0 Å². The van der Waals surface area contributed by atoms with Crippen molar-refractivity contribution in [2.24, 2.45) is 0 Å². The Morgan fingerprint density at radius 1 is 1.38 bits per heavy atom. The molecular formula is C13H17NO2. The van der Waals surface area contributed by atoms with Gasteiger partial charge >= 0.3 is 0 Å². The summed E-state index contributed by atoms with van der Waals surface area (Å²) < 4.78 is 0. The average Bonchev–Trinajstić information content (AvgIpc) is 3.15. The maximum absolute atomic E-state index is 11.4. The number of carbonyl (C=O) groups excluding carboxylic acids is 1. The summed E-state index contributed by atoms with van der Waals surface area (Å²) in [6.07, 6.45) is 3.17. The topological polar surface area (TPSA) is 29.5 Å². The van der Waals surface area contributed by atoms with Crippen LogP contribution in [0.3, 0.4) is 0 Å². The Balaban J connectivity index is 2.34. The van der Waals surface area contributed by atoms with Gasteiger partial charge < -0.3 is 9.63 Å². The molecule has 0 unspecified atom stereocenters. The summed E-state index contributed by atoms with van der Waals surface area (Å²) in [7, 11) is 1.63. The second kappa shape index (κ2) is 4.36. The number of aldehydes is 1. The quantitative estimate of drug-likeness (QED) is 0.561. The Hall–Kier alpha value is -1.19. The van der Waals surface area contributed by atoms with Crippen LogP contribution in [0.25, 0.3) is 0 Å². The Bertz CT molecular complexity index is 361. The minimum absolute atomic E-state index is 0.375. The zero-order valence-electron chi connectivity index (χ0n) is 9.72. The van der Waals surface area contributed by atoms with Crippen molar-refractivity contribution in [2.45, 2.75) is 31.3 Å². The zero-order valence-corrected chi connectivity index (χ0v) is 9.72. The molecule has 1 fully saturated rings. The molecule has 0 heterocycles. The van der Waals surface area contributed by atoms with Crippen molar-refractivity contribution < 1.29 is 9.63 Å². The van der Waals surface area contributed by atoms with Gasteiger partial charge in [0, 0.05) is 6.04 Å². The van der Waals surface area contributed by atoms with E-state index in [-0.39, 0.29) is 0 Å². The van der Waals surface area contributed by atoms with E-state index in [1.54, 1.807) is 7.11 Å². The van der Waals surface area contributed by atoms with Gasteiger partial charge in [0.2, 0.25) is 0 Å². The van der Waals surface area contributed by atoms with Gasteiger partial charge in [-0.25, -0.2) is 0 Å². The first-order chi connectivity index (χ1) is 7.72. The SMILES string of the molecule is CON(C1CC1)[C@@](C)(C=O)c1ccccc1. The van der Waals surface area contributed by atoms with Crippen LogP contribution in [-0.4, -0.2) is 24.5 Å². The van der Waals surface area contributed by atoms with E-state index < -0.39 is 5.54 Å². The third-order valence-electron chi connectivity index (χ3n) is 3.12. The predicted molar refractivity (Wildman–Crippen MR) is 61.7 cm³/mol. The summed E-state index contributed by atoms with van der Waals surface area (Å²) in [5.74, 6) is 0. The highest BCUT2D eigenvalue weighted by atomic mass is 16.7. The van der Waals surface area contributed by atoms with Crippen LogP contribution in [0.15, 0.2) is 30.3 Å². The van der Waals surface area contributed by atoms with Crippen LogP contribution in [0.1, 0.15) is 25.3 Å². The number of hydroxylamine groups is 2. The van der Waals surface area contributed by atoms with Crippen molar-refractivity contribution in [1.82, 2.24) is 5.06 Å². The Labute approximate surface area is 96.0 Å². The fourth-order valence-electron chi connectivity index (χ4n) is 2.05. The molecule has 0 spiro atoms. The molecule has 0 radical (unpaired) electrons. The van der Waals surface area contributed by atoms with E-state index in [0.29, 0.717) is 6.04 Å². The second-order valence-corrected chi connectivity index (χ2v) is 4.37. The number of carbonyl (C=O) groups is 1. The number of nitrogens with zero attached hydrogens (tertiary/aromatic N) is 1. The van der Waals surface area contributed by atoms with E-state index in [0.717, 1.165) is 24.7 Å². The van der Waals surface area contributed by atoms with Gasteiger partial charge in [-0.15, -0.1) is 0 Å². The average molecular weight is 219 g/mol. The van der Waals surface area contributed by atoms with Crippen molar-refractivity contribution in [1.29, 1.82) is 0 Å². The highest BCUT2D eigenvalue weighted by molar-refractivity contribution is 5.67. The van der Waals surface area contributed by atoms with Gasteiger partial charge in [0.15, 0.2) is 0 Å². The summed E-state index contributed by atoms with van der Waals surface area (Å²) in [6.45, 7) is 1.90. The second-order valence-electron chi connectivity index (χ2n) is 4.37. The standard InChI is InChI=1S/C13H17NO2/c1-13(10-15,11-6-4-3-5-7-11)14(16-2)12-8-9-12/h3-7,10,12H,8-9H2,1-2H3/t13-/m0/s1. The van der Waals surface area contributed by atoms with Crippen molar-refractivity contribution in [3.63, 3.8) is 0 Å². The van der Waals surface area contributed by atoms with Crippen LogP contribution in [0.2, 0.25) is 0 Å². The molecule has 1 atom stereocenters. The Morgan fingerprint density at radius 3 is 2.44 bits per heavy atom. The molecule has 0 saturated heterocycles. The number of rotatable bonds is 5. The van der Waals surface area contributed by atoms with Gasteiger partial charge in [0.25, 0.3) is 0 Å². The molecule has 0 aliphatic heterocycles. The minimum Gasteiger partial charge on any atom is -0.301 e. The molecule has 0 bridgehead atoms. The Morgan fingerprint density at radius 2 is 2.00 bits per heavy atom. The van der Waals surface area contributed by atoms with Crippen molar-refractivity contribution >= 4 is 6.29 Å². The summed E-state index contributed by atoms with van der Waals surface area (Å²) >= 11 is 0. The van der Waals surface area contributed by atoms with Gasteiger partial charge in [0.1, 0.15) is 11.8 Å². The summed E-state index contributed by atoms with van der Waals surface area (Å²) in [4.78, 5) is 16.8. The lowest BCUT2D eigenvalue weighted by Crippen LogP contribution is -2.45. The lowest BCUT2D eigenvalue weighted by Gasteiger charge is -2.35. The molecule has 1 aromatic rings. The molecule has 1 aliphatic carbocycles. The van der Waals surface area contributed by atoms with Crippen LogP contribution in [0, 0.1) is 0 Å². The van der Waals surface area contributed by atoms with Crippen molar-refractivity contribution in [2.75, 3.05) is 7.11 Å². The van der Waals surface area contributed by atoms with E-state index in [1.165, 1.54) is 0 Å². The molecule has 0 amide bonds. The van der Waals surface area contributed by atoms with Gasteiger partial charge in [-0.1, -0.05) is 30.3 Å². The maximum Gasteiger partial charge on any atom is 0.146 e. The molecular weight excluding hydrogens is 202 g/mol. The Kier molecular flexibility index (Phi) is 3.08. The van der Waals surface area contributed by atoms with Crippen molar-refractivity contribution in [3.8, 4) is 0 Å². The van der Waals surface area contributed by atoms with Crippen LogP contribution in [0.4, 0.5) is 0 Å². The zero-order chi connectivity index (χ0) is 11.6. The van der Waals surface area contributed by atoms with E-state index in [2.05, 4.69) is 0 Å².